The van der Waals surface area contributed by atoms with Gasteiger partial charge < -0.3 is 4.74 Å². The minimum Gasteiger partial charge on any atom is -0.361 e. The Labute approximate surface area is 255 Å². The van der Waals surface area contributed by atoms with E-state index in [1.54, 1.807) is 30.5 Å². The number of hydrogen-bond acceptors (Lipinski definition) is 5. The SMILES string of the molecule is C=C(c1c(CC)cc(C)c2c1ccn2S(=O)(=O)c1ccc(C)cc1)c1nc2cc(C#N)ccc2n1COCC[Si](C)(C)C. The molecule has 2 aromatic heterocycles. The second-order valence-electron chi connectivity index (χ2n) is 12.3. The van der Waals surface area contributed by atoms with Crippen LogP contribution >= 0.6 is 0 Å². The van der Waals surface area contributed by atoms with Crippen LogP contribution in [0.5, 0.6) is 0 Å². The van der Waals surface area contributed by atoms with E-state index in [9.17, 15) is 13.7 Å². The van der Waals surface area contributed by atoms with Gasteiger partial charge in [-0.1, -0.05) is 56.9 Å². The van der Waals surface area contributed by atoms with E-state index in [4.69, 9.17) is 9.72 Å². The molecule has 0 fully saturated rings. The van der Waals surface area contributed by atoms with E-state index in [1.165, 1.54) is 3.97 Å². The summed E-state index contributed by atoms with van der Waals surface area (Å²) in [5.74, 6) is 0.632. The number of hydrogen-bond donors (Lipinski definition) is 0. The van der Waals surface area contributed by atoms with E-state index >= 15 is 0 Å². The molecule has 0 unspecified atom stereocenters. The third-order valence-corrected chi connectivity index (χ3v) is 11.2. The molecular formula is C34H38N4O3SSi. The molecule has 0 aliphatic heterocycles. The smallest absolute Gasteiger partial charge is 0.268 e. The molecule has 5 rings (SSSR count). The second kappa shape index (κ2) is 11.6. The van der Waals surface area contributed by atoms with E-state index < -0.39 is 18.1 Å². The number of imidazole rings is 1. The van der Waals surface area contributed by atoms with Crippen LogP contribution in [0.3, 0.4) is 0 Å². The van der Waals surface area contributed by atoms with E-state index in [2.05, 4.69) is 45.3 Å². The third kappa shape index (κ3) is 5.83. The van der Waals surface area contributed by atoms with Gasteiger partial charge in [-0.25, -0.2) is 17.4 Å². The first-order valence-corrected chi connectivity index (χ1v) is 19.6. The maximum atomic E-state index is 13.8. The molecule has 3 aromatic carbocycles. The van der Waals surface area contributed by atoms with Crippen molar-refractivity contribution < 1.29 is 13.2 Å². The van der Waals surface area contributed by atoms with Crippen LogP contribution in [-0.2, 0) is 27.9 Å². The molecular weight excluding hydrogens is 573 g/mol. The Hall–Kier alpha value is -3.97. The molecule has 0 saturated carbocycles. The molecule has 0 bridgehead atoms. The standard InChI is InChI=1S/C34H38N4O3SSi/c1-8-27-19-24(3)33-29(15-16-38(33)42(39,40)28-12-9-23(2)10-13-28)32(27)25(4)34-36-30-20-26(21-35)11-14-31(30)37(34)22-41-17-18-43(5,6)7/h9-16,19-20H,4,8,17-18,22H2,1-3,5-7H3. The predicted octanol–water partition coefficient (Wildman–Crippen LogP) is 7.65. The fourth-order valence-electron chi connectivity index (χ4n) is 5.44. The van der Waals surface area contributed by atoms with Crippen molar-refractivity contribution in [2.45, 2.75) is 64.5 Å². The predicted molar refractivity (Wildman–Crippen MR) is 177 cm³/mol. The van der Waals surface area contributed by atoms with Gasteiger partial charge in [-0.15, -0.1) is 0 Å². The fraction of sp³-hybridized carbons (Fsp3) is 0.294. The highest BCUT2D eigenvalue weighted by molar-refractivity contribution is 7.90. The van der Waals surface area contributed by atoms with Gasteiger partial charge in [-0.3, -0.25) is 4.57 Å². The lowest BCUT2D eigenvalue weighted by molar-refractivity contribution is 0.0893. The number of fused-ring (bicyclic) bond motifs is 2. The number of benzene rings is 3. The highest BCUT2D eigenvalue weighted by Gasteiger charge is 2.25. The first-order chi connectivity index (χ1) is 20.4. The Bertz CT molecular complexity index is 2010. The Morgan fingerprint density at radius 3 is 2.44 bits per heavy atom. The van der Waals surface area contributed by atoms with Crippen molar-refractivity contribution in [3.05, 3.63) is 101 Å². The van der Waals surface area contributed by atoms with Gasteiger partial charge in [0.05, 0.1) is 33.1 Å². The lowest BCUT2D eigenvalue weighted by Gasteiger charge is -2.18. The topological polar surface area (TPSA) is 89.9 Å². The van der Waals surface area contributed by atoms with Crippen LogP contribution in [-0.4, -0.2) is 36.6 Å². The molecule has 222 valence electrons. The van der Waals surface area contributed by atoms with Crippen molar-refractivity contribution in [3.8, 4) is 6.07 Å². The Kier molecular flexibility index (Phi) is 8.23. The van der Waals surface area contributed by atoms with Gasteiger partial charge in [0.25, 0.3) is 10.0 Å². The number of nitriles is 1. The molecule has 9 heteroatoms. The lowest BCUT2D eigenvalue weighted by atomic mass is 9.92. The van der Waals surface area contributed by atoms with Crippen molar-refractivity contribution in [1.82, 2.24) is 13.5 Å². The van der Waals surface area contributed by atoms with Crippen LogP contribution in [0, 0.1) is 25.2 Å². The molecule has 0 spiro atoms. The number of nitrogens with zero attached hydrogens (tertiary/aromatic N) is 4. The average molecular weight is 611 g/mol. The van der Waals surface area contributed by atoms with Crippen LogP contribution < -0.4 is 0 Å². The van der Waals surface area contributed by atoms with Crippen molar-refractivity contribution in [2.75, 3.05) is 6.61 Å². The van der Waals surface area contributed by atoms with Crippen LogP contribution in [0.15, 0.2) is 72.3 Å². The molecule has 43 heavy (non-hydrogen) atoms. The lowest BCUT2D eigenvalue weighted by Crippen LogP contribution is -2.22. The average Bonchev–Trinajstić information content (AvgIpc) is 3.57. The van der Waals surface area contributed by atoms with Gasteiger partial charge in [0, 0.05) is 31.8 Å². The van der Waals surface area contributed by atoms with Crippen molar-refractivity contribution >= 4 is 45.6 Å². The van der Waals surface area contributed by atoms with Gasteiger partial charge in [0.15, 0.2) is 0 Å². The summed E-state index contributed by atoms with van der Waals surface area (Å²) in [4.78, 5) is 5.19. The van der Waals surface area contributed by atoms with Crippen LogP contribution in [0.2, 0.25) is 25.7 Å². The van der Waals surface area contributed by atoms with Crippen LogP contribution in [0.4, 0.5) is 0 Å². The molecule has 0 radical (unpaired) electrons. The zero-order valence-electron chi connectivity index (χ0n) is 25.7. The first kappa shape index (κ1) is 30.5. The number of aryl methyl sites for hydroxylation is 3. The van der Waals surface area contributed by atoms with Crippen molar-refractivity contribution in [2.24, 2.45) is 0 Å². The van der Waals surface area contributed by atoms with E-state index in [0.717, 1.165) is 45.6 Å². The fourth-order valence-corrected chi connectivity index (χ4v) is 7.61. The maximum absolute atomic E-state index is 13.8. The van der Waals surface area contributed by atoms with Gasteiger partial charge in [-0.05, 0) is 79.4 Å². The van der Waals surface area contributed by atoms with Crippen molar-refractivity contribution in [1.29, 1.82) is 5.26 Å². The molecule has 0 atom stereocenters. The van der Waals surface area contributed by atoms with Crippen LogP contribution in [0.25, 0.3) is 27.5 Å². The van der Waals surface area contributed by atoms with E-state index in [0.29, 0.717) is 41.3 Å². The Balaban J connectivity index is 1.67. The molecule has 5 aromatic rings. The zero-order chi connectivity index (χ0) is 31.1. The summed E-state index contributed by atoms with van der Waals surface area (Å²) in [6, 6.07) is 19.5. The largest absolute Gasteiger partial charge is 0.361 e. The second-order valence-corrected chi connectivity index (χ2v) is 19.7. The normalized spacial score (nSPS) is 12.2. The van der Waals surface area contributed by atoms with Gasteiger partial charge in [0.2, 0.25) is 0 Å². The summed E-state index contributed by atoms with van der Waals surface area (Å²) in [5.41, 5.74) is 7.13. The summed E-state index contributed by atoms with van der Waals surface area (Å²) < 4.78 is 37.2. The summed E-state index contributed by atoms with van der Waals surface area (Å²) in [7, 11) is -5.11. The summed E-state index contributed by atoms with van der Waals surface area (Å²) in [6.45, 7) is 18.4. The van der Waals surface area contributed by atoms with Gasteiger partial charge in [0.1, 0.15) is 12.6 Å². The zero-order valence-corrected chi connectivity index (χ0v) is 27.5. The van der Waals surface area contributed by atoms with Crippen LogP contribution in [0.1, 0.15) is 40.6 Å². The summed E-state index contributed by atoms with van der Waals surface area (Å²) in [6.07, 6.45) is 2.36. The minimum atomic E-state index is -3.83. The van der Waals surface area contributed by atoms with Gasteiger partial charge in [-0.2, -0.15) is 5.26 Å². The minimum absolute atomic E-state index is 0.237. The highest BCUT2D eigenvalue weighted by atomic mass is 32.2. The Morgan fingerprint density at radius 1 is 1.07 bits per heavy atom. The number of ether oxygens (including phenoxy) is 1. The molecule has 0 aliphatic rings. The van der Waals surface area contributed by atoms with Crippen molar-refractivity contribution in [3.63, 3.8) is 0 Å². The molecule has 2 heterocycles. The molecule has 0 N–H and O–H groups in total. The first-order valence-electron chi connectivity index (χ1n) is 14.5. The molecule has 0 saturated heterocycles. The molecule has 7 nitrogen and oxygen atoms in total. The maximum Gasteiger partial charge on any atom is 0.268 e. The van der Waals surface area contributed by atoms with E-state index in [1.807, 2.05) is 42.7 Å². The van der Waals surface area contributed by atoms with Gasteiger partial charge >= 0.3 is 0 Å². The highest BCUT2D eigenvalue weighted by Crippen LogP contribution is 2.37. The number of rotatable bonds is 10. The Morgan fingerprint density at radius 2 is 1.79 bits per heavy atom. The summed E-state index contributed by atoms with van der Waals surface area (Å²) >= 11 is 0. The van der Waals surface area contributed by atoms with E-state index in [-0.39, 0.29) is 4.90 Å². The quantitative estimate of drug-likeness (QED) is 0.120. The monoisotopic (exact) mass is 610 g/mol. The molecule has 0 amide bonds. The number of aromatic nitrogens is 3. The molecule has 0 aliphatic carbocycles. The third-order valence-electron chi connectivity index (χ3n) is 7.83. The summed E-state index contributed by atoms with van der Waals surface area (Å²) in [5, 5.41) is 10.3.